The summed E-state index contributed by atoms with van der Waals surface area (Å²) in [6.07, 6.45) is 3.68. The van der Waals surface area contributed by atoms with Crippen molar-refractivity contribution >= 4 is 11.8 Å². The Hall–Kier alpha value is -1.91. The Balaban J connectivity index is 1.79. The maximum Gasteiger partial charge on any atom is 0.256 e. The van der Waals surface area contributed by atoms with Crippen LogP contribution in [-0.4, -0.2) is 36.9 Å². The Kier molecular flexibility index (Phi) is 3.89. The van der Waals surface area contributed by atoms with Gasteiger partial charge in [0.2, 0.25) is 5.91 Å². The molecule has 4 nitrogen and oxygen atoms in total. The molecular formula is C17H21FN2O2. The molecule has 1 aromatic rings. The van der Waals surface area contributed by atoms with Crippen LogP contribution in [0.4, 0.5) is 4.39 Å². The lowest BCUT2D eigenvalue weighted by molar-refractivity contribution is -0.127. The zero-order valence-electron chi connectivity index (χ0n) is 12.8. The van der Waals surface area contributed by atoms with Crippen LogP contribution in [0.2, 0.25) is 0 Å². The summed E-state index contributed by atoms with van der Waals surface area (Å²) >= 11 is 0. The van der Waals surface area contributed by atoms with Gasteiger partial charge in [-0.1, -0.05) is 18.6 Å². The van der Waals surface area contributed by atoms with Gasteiger partial charge in [-0.05, 0) is 31.4 Å². The van der Waals surface area contributed by atoms with Gasteiger partial charge < -0.3 is 10.2 Å². The second-order valence-electron chi connectivity index (χ2n) is 6.38. The topological polar surface area (TPSA) is 49.4 Å². The first kappa shape index (κ1) is 15.0. The summed E-state index contributed by atoms with van der Waals surface area (Å²) in [4.78, 5) is 26.3. The van der Waals surface area contributed by atoms with Gasteiger partial charge in [0.25, 0.3) is 5.91 Å². The molecule has 1 aromatic carbocycles. The number of carbonyl (C=O) groups excluding carboxylic acids is 2. The first-order valence-electron chi connectivity index (χ1n) is 7.83. The summed E-state index contributed by atoms with van der Waals surface area (Å²) in [5.41, 5.74) is -0.00452. The van der Waals surface area contributed by atoms with Gasteiger partial charge in [0.1, 0.15) is 5.82 Å². The molecule has 0 radical (unpaired) electrons. The van der Waals surface area contributed by atoms with E-state index in [1.54, 1.807) is 24.1 Å². The number of likely N-dealkylation sites (tertiary alicyclic amines) is 1. The molecule has 3 rings (SSSR count). The second kappa shape index (κ2) is 5.71. The van der Waals surface area contributed by atoms with E-state index in [0.29, 0.717) is 13.1 Å². The quantitative estimate of drug-likeness (QED) is 0.910. The molecule has 0 bridgehead atoms. The summed E-state index contributed by atoms with van der Waals surface area (Å²) < 4.78 is 13.8. The number of hydrogen-bond donors (Lipinski definition) is 1. The molecule has 0 unspecified atom stereocenters. The van der Waals surface area contributed by atoms with Gasteiger partial charge in [-0.2, -0.15) is 0 Å². The molecule has 5 heteroatoms. The third kappa shape index (κ3) is 2.38. The zero-order valence-corrected chi connectivity index (χ0v) is 12.8. The van der Waals surface area contributed by atoms with Crippen LogP contribution in [-0.2, 0) is 4.79 Å². The van der Waals surface area contributed by atoms with E-state index in [9.17, 15) is 14.0 Å². The molecular weight excluding hydrogens is 283 g/mol. The molecule has 2 atom stereocenters. The van der Waals surface area contributed by atoms with Crippen LogP contribution in [0.1, 0.15) is 36.0 Å². The molecule has 1 aliphatic heterocycles. The van der Waals surface area contributed by atoms with Gasteiger partial charge >= 0.3 is 0 Å². The van der Waals surface area contributed by atoms with Crippen molar-refractivity contribution in [1.29, 1.82) is 0 Å². The third-order valence-corrected chi connectivity index (χ3v) is 5.25. The molecule has 2 fully saturated rings. The van der Waals surface area contributed by atoms with Crippen LogP contribution in [0.25, 0.3) is 0 Å². The van der Waals surface area contributed by atoms with E-state index >= 15 is 0 Å². The smallest absolute Gasteiger partial charge is 0.256 e. The van der Waals surface area contributed by atoms with E-state index in [-0.39, 0.29) is 28.7 Å². The van der Waals surface area contributed by atoms with Gasteiger partial charge in [0.05, 0.1) is 5.56 Å². The normalized spacial score (nSPS) is 27.4. The molecule has 1 heterocycles. The highest BCUT2D eigenvalue weighted by atomic mass is 19.1. The van der Waals surface area contributed by atoms with Crippen LogP contribution in [0.15, 0.2) is 24.3 Å². The summed E-state index contributed by atoms with van der Waals surface area (Å²) in [5, 5.41) is 2.74. The molecule has 2 amide bonds. The van der Waals surface area contributed by atoms with Crippen molar-refractivity contribution in [3.05, 3.63) is 35.6 Å². The van der Waals surface area contributed by atoms with Crippen molar-refractivity contribution in [3.63, 3.8) is 0 Å². The van der Waals surface area contributed by atoms with E-state index in [0.717, 1.165) is 25.7 Å². The minimum atomic E-state index is -0.484. The number of benzene rings is 1. The maximum absolute atomic E-state index is 13.8. The van der Waals surface area contributed by atoms with Crippen molar-refractivity contribution < 1.29 is 14.0 Å². The number of hydrogen-bond acceptors (Lipinski definition) is 2. The van der Waals surface area contributed by atoms with E-state index in [1.165, 1.54) is 12.1 Å². The predicted octanol–water partition coefficient (Wildman–Crippen LogP) is 2.20. The van der Waals surface area contributed by atoms with Crippen molar-refractivity contribution in [3.8, 4) is 0 Å². The largest absolute Gasteiger partial charge is 0.359 e. The molecule has 0 aromatic heterocycles. The fraction of sp³-hybridized carbons (Fsp3) is 0.529. The number of nitrogens with one attached hydrogen (secondary N) is 1. The standard InChI is InChI=1S/C17H21FN2O2/c1-19-15(21)13-6-4-8-17(13)9-10-20(11-17)16(22)12-5-2-3-7-14(12)18/h2-3,5,7,13H,4,6,8-11H2,1H3,(H,19,21)/t13-,17-/m1/s1. The van der Waals surface area contributed by atoms with Crippen molar-refractivity contribution in [2.75, 3.05) is 20.1 Å². The summed E-state index contributed by atoms with van der Waals surface area (Å²) in [6, 6.07) is 6.08. The van der Waals surface area contributed by atoms with E-state index < -0.39 is 5.82 Å². The minimum Gasteiger partial charge on any atom is -0.359 e. The first-order chi connectivity index (χ1) is 10.6. The molecule has 2 aliphatic rings. The lowest BCUT2D eigenvalue weighted by Crippen LogP contribution is -2.40. The Morgan fingerprint density at radius 3 is 2.82 bits per heavy atom. The van der Waals surface area contributed by atoms with Crippen LogP contribution < -0.4 is 5.32 Å². The molecule has 1 spiro atoms. The second-order valence-corrected chi connectivity index (χ2v) is 6.38. The predicted molar refractivity (Wildman–Crippen MR) is 80.8 cm³/mol. The van der Waals surface area contributed by atoms with Gasteiger partial charge in [-0.25, -0.2) is 4.39 Å². The average molecular weight is 304 g/mol. The Labute approximate surface area is 129 Å². The fourth-order valence-corrected chi connectivity index (χ4v) is 4.08. The van der Waals surface area contributed by atoms with Crippen LogP contribution in [0.5, 0.6) is 0 Å². The van der Waals surface area contributed by atoms with E-state index in [1.807, 2.05) is 0 Å². The lowest BCUT2D eigenvalue weighted by atomic mass is 9.76. The number of nitrogens with zero attached hydrogens (tertiary/aromatic N) is 1. The molecule has 1 aliphatic carbocycles. The van der Waals surface area contributed by atoms with E-state index in [2.05, 4.69) is 5.32 Å². The average Bonchev–Trinajstić information content (AvgIpc) is 3.14. The number of amides is 2. The Morgan fingerprint density at radius 2 is 2.09 bits per heavy atom. The van der Waals surface area contributed by atoms with E-state index in [4.69, 9.17) is 0 Å². The van der Waals surface area contributed by atoms with Crippen LogP contribution in [0, 0.1) is 17.2 Å². The highest BCUT2D eigenvalue weighted by Gasteiger charge is 2.51. The van der Waals surface area contributed by atoms with Crippen LogP contribution in [0.3, 0.4) is 0 Å². The van der Waals surface area contributed by atoms with Crippen molar-refractivity contribution in [2.45, 2.75) is 25.7 Å². The Morgan fingerprint density at radius 1 is 1.32 bits per heavy atom. The molecule has 1 saturated carbocycles. The summed E-state index contributed by atoms with van der Waals surface area (Å²) in [6.45, 7) is 1.15. The molecule has 1 N–H and O–H groups in total. The monoisotopic (exact) mass is 304 g/mol. The highest BCUT2D eigenvalue weighted by molar-refractivity contribution is 5.94. The number of carbonyl (C=O) groups is 2. The lowest BCUT2D eigenvalue weighted by Gasteiger charge is -2.30. The maximum atomic E-state index is 13.8. The zero-order chi connectivity index (χ0) is 15.7. The van der Waals surface area contributed by atoms with Gasteiger partial charge in [-0.3, -0.25) is 9.59 Å². The third-order valence-electron chi connectivity index (χ3n) is 5.25. The Bertz CT molecular complexity index is 604. The molecule has 1 saturated heterocycles. The molecule has 118 valence electrons. The summed E-state index contributed by atoms with van der Waals surface area (Å²) in [7, 11) is 1.66. The first-order valence-corrected chi connectivity index (χ1v) is 7.83. The van der Waals surface area contributed by atoms with Gasteiger partial charge in [0.15, 0.2) is 0 Å². The van der Waals surface area contributed by atoms with Gasteiger partial charge in [-0.15, -0.1) is 0 Å². The summed E-state index contributed by atoms with van der Waals surface area (Å²) in [5.74, 6) is -0.714. The van der Waals surface area contributed by atoms with Crippen molar-refractivity contribution in [1.82, 2.24) is 10.2 Å². The minimum absolute atomic E-state index is 0.0316. The van der Waals surface area contributed by atoms with Crippen LogP contribution >= 0.6 is 0 Å². The number of halogens is 1. The number of rotatable bonds is 2. The highest BCUT2D eigenvalue weighted by Crippen LogP contribution is 2.50. The fourth-order valence-electron chi connectivity index (χ4n) is 4.08. The molecule has 22 heavy (non-hydrogen) atoms. The van der Waals surface area contributed by atoms with Crippen molar-refractivity contribution in [2.24, 2.45) is 11.3 Å². The van der Waals surface area contributed by atoms with Gasteiger partial charge in [0, 0.05) is 31.5 Å². The SMILES string of the molecule is CNC(=O)[C@H]1CCC[C@]12CCN(C(=O)c1ccccc1F)C2.